The van der Waals surface area contributed by atoms with Crippen molar-refractivity contribution in [2.24, 2.45) is 12.0 Å². The van der Waals surface area contributed by atoms with E-state index in [0.29, 0.717) is 30.9 Å². The van der Waals surface area contributed by atoms with Crippen molar-refractivity contribution < 1.29 is 17.6 Å². The molecular weight excluding hydrogens is 340 g/mol. The molecule has 0 aliphatic heterocycles. The van der Waals surface area contributed by atoms with Crippen LogP contribution in [0, 0.1) is 5.82 Å². The summed E-state index contributed by atoms with van der Waals surface area (Å²) in [4.78, 5) is 8.17. The van der Waals surface area contributed by atoms with E-state index >= 15 is 0 Å². The zero-order valence-corrected chi connectivity index (χ0v) is 13.7. The monoisotopic (exact) mass is 358 g/mol. The second kappa shape index (κ2) is 7.95. The number of rotatable bonds is 5. The van der Waals surface area contributed by atoms with Gasteiger partial charge < -0.3 is 10.6 Å². The minimum Gasteiger partial charge on any atom is -0.357 e. The van der Waals surface area contributed by atoms with Gasteiger partial charge in [-0.05, 0) is 24.6 Å². The van der Waals surface area contributed by atoms with Crippen LogP contribution in [0.15, 0.2) is 29.5 Å². The second-order valence-corrected chi connectivity index (χ2v) is 5.15. The van der Waals surface area contributed by atoms with Crippen LogP contribution < -0.4 is 10.6 Å². The Hall–Kier alpha value is -2.65. The molecule has 6 nitrogen and oxygen atoms in total. The van der Waals surface area contributed by atoms with Gasteiger partial charge in [-0.25, -0.2) is 14.4 Å². The number of nitrogens with zero attached hydrogens (tertiary/aromatic N) is 4. The van der Waals surface area contributed by atoms with E-state index < -0.39 is 17.6 Å². The van der Waals surface area contributed by atoms with Crippen molar-refractivity contribution in [2.75, 3.05) is 6.54 Å². The molecule has 0 atom stereocenters. The van der Waals surface area contributed by atoms with Gasteiger partial charge in [-0.2, -0.15) is 18.3 Å². The number of nitrogens with one attached hydrogen (secondary N) is 2. The molecule has 2 rings (SSSR count). The molecule has 0 aliphatic rings. The van der Waals surface area contributed by atoms with Gasteiger partial charge in [0.15, 0.2) is 5.96 Å². The van der Waals surface area contributed by atoms with Gasteiger partial charge >= 0.3 is 6.18 Å². The van der Waals surface area contributed by atoms with Crippen LogP contribution in [-0.2, 0) is 26.3 Å². The Bertz CT molecular complexity index is 738. The SMILES string of the molecule is CCNC(=NCc1ccc(F)cc1C(F)(F)F)NCc1ncnn1C. The van der Waals surface area contributed by atoms with E-state index in [1.54, 1.807) is 11.7 Å². The number of hydrogen-bond donors (Lipinski definition) is 2. The Kier molecular flexibility index (Phi) is 5.94. The van der Waals surface area contributed by atoms with Gasteiger partial charge in [0, 0.05) is 13.6 Å². The van der Waals surface area contributed by atoms with Crippen LogP contribution in [0.3, 0.4) is 0 Å². The van der Waals surface area contributed by atoms with Crippen LogP contribution in [0.2, 0.25) is 0 Å². The van der Waals surface area contributed by atoms with Crippen LogP contribution in [0.1, 0.15) is 23.9 Å². The number of hydrogen-bond acceptors (Lipinski definition) is 3. The molecule has 10 heteroatoms. The molecular formula is C15H18F4N6. The number of alkyl halides is 3. The summed E-state index contributed by atoms with van der Waals surface area (Å²) in [6.45, 7) is 2.42. The molecule has 2 N–H and O–H groups in total. The van der Waals surface area contributed by atoms with Gasteiger partial charge in [-0.15, -0.1) is 0 Å². The maximum absolute atomic E-state index is 13.1. The molecule has 1 aromatic carbocycles. The van der Waals surface area contributed by atoms with E-state index in [1.165, 1.54) is 6.33 Å². The molecule has 1 aromatic heterocycles. The Labute approximate surface area is 142 Å². The molecule has 0 saturated heterocycles. The Morgan fingerprint density at radius 2 is 2.04 bits per heavy atom. The zero-order valence-electron chi connectivity index (χ0n) is 13.7. The number of aromatic nitrogens is 3. The fourth-order valence-corrected chi connectivity index (χ4v) is 2.10. The Balaban J connectivity index is 2.14. The van der Waals surface area contributed by atoms with Crippen molar-refractivity contribution in [1.82, 2.24) is 25.4 Å². The summed E-state index contributed by atoms with van der Waals surface area (Å²) in [7, 11) is 1.72. The predicted octanol–water partition coefficient (Wildman–Crippen LogP) is 2.23. The average Bonchev–Trinajstić information content (AvgIpc) is 2.95. The molecule has 1 heterocycles. The van der Waals surface area contributed by atoms with Crippen molar-refractivity contribution in [3.8, 4) is 0 Å². The molecule has 0 spiro atoms. The van der Waals surface area contributed by atoms with Gasteiger partial charge in [0.2, 0.25) is 0 Å². The lowest BCUT2D eigenvalue weighted by atomic mass is 10.1. The summed E-state index contributed by atoms with van der Waals surface area (Å²) >= 11 is 0. The highest BCUT2D eigenvalue weighted by Gasteiger charge is 2.33. The van der Waals surface area contributed by atoms with Gasteiger partial charge in [-0.1, -0.05) is 6.07 Å². The maximum atomic E-state index is 13.1. The van der Waals surface area contributed by atoms with Crippen LogP contribution in [0.4, 0.5) is 17.6 Å². The molecule has 136 valence electrons. The number of aliphatic imine (C=N–C) groups is 1. The fourth-order valence-electron chi connectivity index (χ4n) is 2.10. The van der Waals surface area contributed by atoms with E-state index in [0.717, 1.165) is 12.1 Å². The lowest BCUT2D eigenvalue weighted by molar-refractivity contribution is -0.138. The second-order valence-electron chi connectivity index (χ2n) is 5.15. The summed E-state index contributed by atoms with van der Waals surface area (Å²) in [5.41, 5.74) is -1.13. The quantitative estimate of drug-likeness (QED) is 0.489. The van der Waals surface area contributed by atoms with Crippen molar-refractivity contribution in [1.29, 1.82) is 0 Å². The topological polar surface area (TPSA) is 67.1 Å². The number of benzene rings is 1. The zero-order chi connectivity index (χ0) is 18.4. The molecule has 0 radical (unpaired) electrons. The first-order valence-corrected chi connectivity index (χ1v) is 7.52. The van der Waals surface area contributed by atoms with Crippen molar-refractivity contribution in [2.45, 2.75) is 26.2 Å². The highest BCUT2D eigenvalue weighted by Crippen LogP contribution is 2.32. The summed E-state index contributed by atoms with van der Waals surface area (Å²) in [6.07, 6.45) is -3.24. The summed E-state index contributed by atoms with van der Waals surface area (Å²) in [6, 6.07) is 2.55. The predicted molar refractivity (Wildman–Crippen MR) is 84.1 cm³/mol. The smallest absolute Gasteiger partial charge is 0.357 e. The minimum absolute atomic E-state index is 0.107. The molecule has 0 bridgehead atoms. The van der Waals surface area contributed by atoms with Gasteiger partial charge in [0.05, 0.1) is 18.7 Å². The number of aryl methyl sites for hydroxylation is 1. The van der Waals surface area contributed by atoms with Gasteiger partial charge in [0.1, 0.15) is 18.0 Å². The van der Waals surface area contributed by atoms with E-state index in [9.17, 15) is 17.6 Å². The van der Waals surface area contributed by atoms with Crippen molar-refractivity contribution in [3.05, 3.63) is 47.3 Å². The summed E-state index contributed by atoms with van der Waals surface area (Å²) < 4.78 is 53.7. The van der Waals surface area contributed by atoms with Crippen LogP contribution in [0.25, 0.3) is 0 Å². The van der Waals surface area contributed by atoms with Crippen molar-refractivity contribution >= 4 is 5.96 Å². The minimum atomic E-state index is -4.64. The molecule has 0 unspecified atom stereocenters. The van der Waals surface area contributed by atoms with E-state index in [1.807, 2.05) is 6.92 Å². The third kappa shape index (κ3) is 5.16. The van der Waals surface area contributed by atoms with E-state index in [2.05, 4.69) is 25.7 Å². The summed E-state index contributed by atoms with van der Waals surface area (Å²) in [5.74, 6) is 0.0266. The molecule has 0 amide bonds. The van der Waals surface area contributed by atoms with E-state index in [-0.39, 0.29) is 12.1 Å². The Morgan fingerprint density at radius 3 is 2.64 bits per heavy atom. The van der Waals surface area contributed by atoms with Crippen LogP contribution >= 0.6 is 0 Å². The maximum Gasteiger partial charge on any atom is 0.416 e. The highest BCUT2D eigenvalue weighted by atomic mass is 19.4. The average molecular weight is 358 g/mol. The van der Waals surface area contributed by atoms with Crippen molar-refractivity contribution in [3.63, 3.8) is 0 Å². The third-order valence-corrected chi connectivity index (χ3v) is 3.35. The molecule has 0 saturated carbocycles. The largest absolute Gasteiger partial charge is 0.416 e. The standard InChI is InChI=1S/C15H18F4N6/c1-3-20-14(22-8-13-23-9-24-25(13)2)21-7-10-4-5-11(16)6-12(10)15(17,18)19/h4-6,9H,3,7-8H2,1-2H3,(H2,20,21,22). The molecule has 0 aliphatic carbocycles. The van der Waals surface area contributed by atoms with E-state index in [4.69, 9.17) is 0 Å². The highest BCUT2D eigenvalue weighted by molar-refractivity contribution is 5.79. The lowest BCUT2D eigenvalue weighted by Crippen LogP contribution is -2.37. The van der Waals surface area contributed by atoms with Gasteiger partial charge in [-0.3, -0.25) is 4.68 Å². The van der Waals surface area contributed by atoms with Gasteiger partial charge in [0.25, 0.3) is 0 Å². The first-order valence-electron chi connectivity index (χ1n) is 7.52. The van der Waals surface area contributed by atoms with Crippen LogP contribution in [-0.4, -0.2) is 27.3 Å². The first kappa shape index (κ1) is 18.7. The van der Waals surface area contributed by atoms with Crippen LogP contribution in [0.5, 0.6) is 0 Å². The fraction of sp³-hybridized carbons (Fsp3) is 0.400. The lowest BCUT2D eigenvalue weighted by Gasteiger charge is -2.13. The molecule has 0 fully saturated rings. The number of halogens is 4. The Morgan fingerprint density at radius 1 is 1.28 bits per heavy atom. The number of guanidine groups is 1. The molecule has 2 aromatic rings. The third-order valence-electron chi connectivity index (χ3n) is 3.35. The first-order chi connectivity index (χ1) is 11.8. The molecule has 25 heavy (non-hydrogen) atoms. The normalized spacial score (nSPS) is 12.3. The summed E-state index contributed by atoms with van der Waals surface area (Å²) in [5, 5.41) is 9.82.